The smallest absolute Gasteiger partial charge is 0.283 e. The number of carbonyl (C=O) groups excluding carboxylic acids is 1. The number of pyridine rings is 1. The zero-order valence-electron chi connectivity index (χ0n) is 19.8. The van der Waals surface area contributed by atoms with Gasteiger partial charge in [-0.05, 0) is 37.5 Å². The number of hydrogen-bond acceptors (Lipinski definition) is 5. The molecule has 1 unspecified atom stereocenters. The molecule has 1 fully saturated rings. The fraction of sp³-hybridized carbons (Fsp3) is 0.259. The first-order chi connectivity index (χ1) is 17.5. The number of nitrogens with one attached hydrogen (secondary N) is 1. The van der Waals surface area contributed by atoms with Gasteiger partial charge in [0.05, 0.1) is 27.7 Å². The van der Waals surface area contributed by atoms with Gasteiger partial charge in [0.1, 0.15) is 0 Å². The molecule has 1 atom stereocenters. The minimum Gasteiger partial charge on any atom is -0.352 e. The molecule has 1 aliphatic heterocycles. The zero-order chi connectivity index (χ0) is 24.8. The number of benzene rings is 2. The Morgan fingerprint density at radius 2 is 1.83 bits per heavy atom. The maximum atomic E-state index is 14.0. The molecule has 1 amide bonds. The first-order valence-electron chi connectivity index (χ1n) is 12.0. The quantitative estimate of drug-likeness (QED) is 0.400. The summed E-state index contributed by atoms with van der Waals surface area (Å²) in [6, 6.07) is 19.1. The molecule has 2 aromatic carbocycles. The fourth-order valence-corrected chi connectivity index (χ4v) is 6.04. The minimum atomic E-state index is -0.209. The molecule has 4 heterocycles. The number of hydrogen-bond donors (Lipinski definition) is 1. The van der Waals surface area contributed by atoms with Crippen LogP contribution in [0.3, 0.4) is 0 Å². The van der Waals surface area contributed by atoms with Gasteiger partial charge in [-0.3, -0.25) is 19.1 Å². The third-order valence-electron chi connectivity index (χ3n) is 6.84. The van der Waals surface area contributed by atoms with Gasteiger partial charge in [0, 0.05) is 30.8 Å². The molecule has 8 nitrogen and oxygen atoms in total. The molecule has 9 heteroatoms. The van der Waals surface area contributed by atoms with Crippen molar-refractivity contribution in [2.75, 3.05) is 0 Å². The second kappa shape index (κ2) is 8.91. The highest BCUT2D eigenvalue weighted by Crippen LogP contribution is 2.26. The lowest BCUT2D eigenvalue weighted by molar-refractivity contribution is -0.123. The summed E-state index contributed by atoms with van der Waals surface area (Å²) in [6.45, 7) is 2.57. The summed E-state index contributed by atoms with van der Waals surface area (Å²) in [4.78, 5) is 43.9. The molecule has 0 spiro atoms. The molecule has 5 aromatic rings. The van der Waals surface area contributed by atoms with E-state index in [1.165, 1.54) is 11.3 Å². The Hall–Kier alpha value is -3.98. The molecule has 0 bridgehead atoms. The maximum absolute atomic E-state index is 14.0. The third kappa shape index (κ3) is 3.85. The van der Waals surface area contributed by atoms with Crippen molar-refractivity contribution in [1.29, 1.82) is 0 Å². The second-order valence-electron chi connectivity index (χ2n) is 9.22. The van der Waals surface area contributed by atoms with Crippen LogP contribution in [0.15, 0.2) is 70.3 Å². The molecule has 6 rings (SSSR count). The SMILES string of the molecule is Cc1c2c(=O)n(-c3nc4ccccc4s3)n(Cc3ccccc3)c2cc(=O)n1CC1CCCC(=O)N1. The number of aromatic nitrogens is 4. The number of amides is 1. The van der Waals surface area contributed by atoms with Crippen molar-refractivity contribution in [3.8, 4) is 5.13 Å². The van der Waals surface area contributed by atoms with Crippen LogP contribution in [0.5, 0.6) is 0 Å². The number of carbonyl (C=O) groups is 1. The van der Waals surface area contributed by atoms with Crippen LogP contribution in [0.4, 0.5) is 0 Å². The van der Waals surface area contributed by atoms with E-state index >= 15 is 0 Å². The van der Waals surface area contributed by atoms with Gasteiger partial charge in [-0.25, -0.2) is 4.98 Å². The van der Waals surface area contributed by atoms with Gasteiger partial charge >= 0.3 is 0 Å². The van der Waals surface area contributed by atoms with Gasteiger partial charge in [-0.2, -0.15) is 4.68 Å². The van der Waals surface area contributed by atoms with Crippen molar-refractivity contribution in [2.24, 2.45) is 0 Å². The summed E-state index contributed by atoms with van der Waals surface area (Å²) < 4.78 is 6.06. The number of fused-ring (bicyclic) bond motifs is 2. The van der Waals surface area contributed by atoms with E-state index in [0.29, 0.717) is 41.2 Å². The molecule has 36 heavy (non-hydrogen) atoms. The summed E-state index contributed by atoms with van der Waals surface area (Å²) in [6.07, 6.45) is 2.11. The molecule has 0 radical (unpaired) electrons. The molecule has 3 aromatic heterocycles. The summed E-state index contributed by atoms with van der Waals surface area (Å²) in [5, 5.41) is 4.03. The normalized spacial score (nSPS) is 16.0. The van der Waals surface area contributed by atoms with Crippen LogP contribution >= 0.6 is 11.3 Å². The molecule has 1 N–H and O–H groups in total. The Kier molecular flexibility index (Phi) is 5.56. The van der Waals surface area contributed by atoms with Crippen molar-refractivity contribution in [1.82, 2.24) is 24.2 Å². The lowest BCUT2D eigenvalue weighted by atomic mass is 10.0. The summed E-state index contributed by atoms with van der Waals surface area (Å²) in [5.41, 5.74) is 2.61. The van der Waals surface area contributed by atoms with Crippen molar-refractivity contribution >= 4 is 38.4 Å². The highest BCUT2D eigenvalue weighted by molar-refractivity contribution is 7.20. The maximum Gasteiger partial charge on any atom is 0.283 e. The van der Waals surface area contributed by atoms with Crippen LogP contribution in [0, 0.1) is 6.92 Å². The van der Waals surface area contributed by atoms with Gasteiger partial charge in [-0.15, -0.1) is 0 Å². The average Bonchev–Trinajstić information content (AvgIpc) is 3.41. The van der Waals surface area contributed by atoms with E-state index in [1.807, 2.05) is 66.2 Å². The van der Waals surface area contributed by atoms with Crippen molar-refractivity contribution in [3.05, 3.63) is 92.6 Å². The highest BCUT2D eigenvalue weighted by Gasteiger charge is 2.24. The number of thiazole rings is 1. The van der Waals surface area contributed by atoms with Crippen LogP contribution in [-0.2, 0) is 17.9 Å². The second-order valence-corrected chi connectivity index (χ2v) is 10.2. The lowest BCUT2D eigenvalue weighted by Gasteiger charge is -2.24. The van der Waals surface area contributed by atoms with Crippen LogP contribution in [-0.4, -0.2) is 30.9 Å². The molecular weight excluding hydrogens is 474 g/mol. The first-order valence-corrected chi connectivity index (χ1v) is 12.9. The van der Waals surface area contributed by atoms with E-state index in [9.17, 15) is 14.4 Å². The number of rotatable bonds is 5. The summed E-state index contributed by atoms with van der Waals surface area (Å²) >= 11 is 1.45. The van der Waals surface area contributed by atoms with E-state index < -0.39 is 0 Å². The largest absolute Gasteiger partial charge is 0.352 e. The standard InChI is InChI=1S/C27H25N5O3S/c1-17-25-21(14-24(34)30(17)16-19-10-7-13-23(33)28-19)31(15-18-8-3-2-4-9-18)32(26(25)35)27-29-20-11-5-6-12-22(20)36-27/h2-6,8-9,11-12,14,19H,7,10,13,15-16H2,1H3,(H,28,33). The predicted molar refractivity (Wildman–Crippen MR) is 141 cm³/mol. The van der Waals surface area contributed by atoms with Crippen molar-refractivity contribution in [2.45, 2.75) is 45.3 Å². The lowest BCUT2D eigenvalue weighted by Crippen LogP contribution is -2.43. The minimum absolute atomic E-state index is 0.00485. The van der Waals surface area contributed by atoms with Crippen LogP contribution in [0.25, 0.3) is 26.3 Å². The monoisotopic (exact) mass is 499 g/mol. The summed E-state index contributed by atoms with van der Waals surface area (Å²) in [5.74, 6) is 0.00485. The molecule has 1 aliphatic rings. The molecule has 1 saturated heterocycles. The van der Waals surface area contributed by atoms with Gasteiger partial charge in [0.2, 0.25) is 11.0 Å². The fourth-order valence-electron chi connectivity index (χ4n) is 5.06. The van der Waals surface area contributed by atoms with Gasteiger partial charge in [-0.1, -0.05) is 53.8 Å². The molecule has 182 valence electrons. The highest BCUT2D eigenvalue weighted by atomic mass is 32.1. The van der Waals surface area contributed by atoms with E-state index in [1.54, 1.807) is 15.3 Å². The molecule has 0 aliphatic carbocycles. The Labute approximate surface area is 210 Å². The Morgan fingerprint density at radius 1 is 1.06 bits per heavy atom. The van der Waals surface area contributed by atoms with Crippen molar-refractivity contribution in [3.63, 3.8) is 0 Å². The van der Waals surface area contributed by atoms with Crippen LogP contribution in [0.1, 0.15) is 30.5 Å². The van der Waals surface area contributed by atoms with Gasteiger partial charge in [0.25, 0.3) is 11.1 Å². The summed E-state index contributed by atoms with van der Waals surface area (Å²) in [7, 11) is 0. The first kappa shape index (κ1) is 22.5. The van der Waals surface area contributed by atoms with Crippen LogP contribution in [0.2, 0.25) is 0 Å². The Balaban J connectivity index is 1.56. The van der Waals surface area contributed by atoms with Gasteiger partial charge < -0.3 is 9.88 Å². The number of aryl methyl sites for hydroxylation is 1. The Morgan fingerprint density at radius 3 is 2.61 bits per heavy atom. The topological polar surface area (TPSA) is 90.9 Å². The van der Waals surface area contributed by atoms with E-state index in [4.69, 9.17) is 4.98 Å². The van der Waals surface area contributed by atoms with E-state index in [2.05, 4.69) is 5.32 Å². The van der Waals surface area contributed by atoms with E-state index in [0.717, 1.165) is 28.6 Å². The third-order valence-corrected chi connectivity index (χ3v) is 7.85. The Bertz CT molecular complexity index is 1690. The van der Waals surface area contributed by atoms with Crippen molar-refractivity contribution < 1.29 is 4.79 Å². The van der Waals surface area contributed by atoms with E-state index in [-0.39, 0.29) is 23.1 Å². The predicted octanol–water partition coefficient (Wildman–Crippen LogP) is 3.59. The number of piperidine rings is 1. The molecular formula is C27H25N5O3S. The van der Waals surface area contributed by atoms with Gasteiger partial charge in [0.15, 0.2) is 0 Å². The average molecular weight is 500 g/mol. The zero-order valence-corrected chi connectivity index (χ0v) is 20.6. The number of para-hydroxylation sites is 1. The van der Waals surface area contributed by atoms with Crippen LogP contribution < -0.4 is 16.4 Å². The molecule has 0 saturated carbocycles. The number of nitrogens with zero attached hydrogens (tertiary/aromatic N) is 4.